The number of anilines is 1. The number of fused-ring (bicyclic) bond motifs is 1. The van der Waals surface area contributed by atoms with Gasteiger partial charge in [-0.1, -0.05) is 30.4 Å². The van der Waals surface area contributed by atoms with Gasteiger partial charge in [0.25, 0.3) is 0 Å². The first-order valence-electron chi connectivity index (χ1n) is 9.51. The van der Waals surface area contributed by atoms with Crippen molar-refractivity contribution in [2.75, 3.05) is 44.2 Å². The van der Waals surface area contributed by atoms with Crippen LogP contribution in [-0.2, 0) is 4.79 Å². The van der Waals surface area contributed by atoms with Crippen LogP contribution in [0.15, 0.2) is 54.3 Å². The molecule has 4 heteroatoms. The molecule has 1 aromatic carbocycles. The van der Waals surface area contributed by atoms with Crippen LogP contribution in [0.25, 0.3) is 0 Å². The van der Waals surface area contributed by atoms with Crippen LogP contribution in [0.2, 0.25) is 0 Å². The van der Waals surface area contributed by atoms with Gasteiger partial charge in [-0.2, -0.15) is 0 Å². The Labute approximate surface area is 150 Å². The summed E-state index contributed by atoms with van der Waals surface area (Å²) in [6, 6.07) is 10.7. The van der Waals surface area contributed by atoms with E-state index >= 15 is 0 Å². The molecule has 4 rings (SSSR count). The van der Waals surface area contributed by atoms with Gasteiger partial charge in [-0.15, -0.1) is 0 Å². The maximum atomic E-state index is 12.3. The fourth-order valence-corrected chi connectivity index (χ4v) is 4.20. The molecule has 1 aromatic rings. The lowest BCUT2D eigenvalue weighted by Crippen LogP contribution is -2.47. The number of hydrogen-bond acceptors (Lipinski definition) is 3. The van der Waals surface area contributed by atoms with Crippen molar-refractivity contribution in [1.29, 1.82) is 0 Å². The molecule has 2 aliphatic heterocycles. The summed E-state index contributed by atoms with van der Waals surface area (Å²) >= 11 is 0. The SMILES string of the molecule is O=C1CC2CC=CC=C2N1CCCN1CCN(c2ccccc2)CC1. The molecule has 1 atom stereocenters. The second kappa shape index (κ2) is 7.44. The third-order valence-electron chi connectivity index (χ3n) is 5.63. The smallest absolute Gasteiger partial charge is 0.227 e. The fourth-order valence-electron chi connectivity index (χ4n) is 4.20. The maximum Gasteiger partial charge on any atom is 0.227 e. The number of piperazine rings is 1. The van der Waals surface area contributed by atoms with Crippen LogP contribution in [0, 0.1) is 5.92 Å². The Morgan fingerprint density at radius 2 is 1.80 bits per heavy atom. The molecule has 1 unspecified atom stereocenters. The first kappa shape index (κ1) is 16.4. The van der Waals surface area contributed by atoms with E-state index in [-0.39, 0.29) is 0 Å². The van der Waals surface area contributed by atoms with Crippen molar-refractivity contribution in [1.82, 2.24) is 9.80 Å². The zero-order chi connectivity index (χ0) is 17.1. The van der Waals surface area contributed by atoms with Gasteiger partial charge in [0.15, 0.2) is 0 Å². The predicted molar refractivity (Wildman–Crippen MR) is 101 cm³/mol. The van der Waals surface area contributed by atoms with Gasteiger partial charge in [0, 0.05) is 56.4 Å². The highest BCUT2D eigenvalue weighted by molar-refractivity contribution is 5.82. The molecule has 0 radical (unpaired) electrons. The van der Waals surface area contributed by atoms with Gasteiger partial charge >= 0.3 is 0 Å². The minimum atomic E-state index is 0.314. The number of para-hydroxylation sites is 1. The number of nitrogens with zero attached hydrogens (tertiary/aromatic N) is 3. The lowest BCUT2D eigenvalue weighted by atomic mass is 9.97. The molecule has 0 saturated carbocycles. The molecule has 0 N–H and O–H groups in total. The normalized spacial score (nSPS) is 23.8. The van der Waals surface area contributed by atoms with Crippen molar-refractivity contribution in [2.45, 2.75) is 19.3 Å². The molecule has 3 aliphatic rings. The van der Waals surface area contributed by atoms with Gasteiger partial charge in [-0.25, -0.2) is 0 Å². The molecular weight excluding hydrogens is 310 g/mol. The van der Waals surface area contributed by atoms with Crippen LogP contribution in [0.5, 0.6) is 0 Å². The van der Waals surface area contributed by atoms with Crippen molar-refractivity contribution >= 4 is 11.6 Å². The zero-order valence-corrected chi connectivity index (χ0v) is 14.8. The van der Waals surface area contributed by atoms with Crippen molar-refractivity contribution < 1.29 is 4.79 Å². The highest BCUT2D eigenvalue weighted by atomic mass is 16.2. The van der Waals surface area contributed by atoms with E-state index in [0.717, 1.165) is 52.1 Å². The van der Waals surface area contributed by atoms with E-state index < -0.39 is 0 Å². The van der Waals surface area contributed by atoms with E-state index in [0.29, 0.717) is 18.2 Å². The van der Waals surface area contributed by atoms with Gasteiger partial charge < -0.3 is 9.80 Å². The Morgan fingerprint density at radius 3 is 2.60 bits per heavy atom. The van der Waals surface area contributed by atoms with E-state index in [2.05, 4.69) is 58.4 Å². The quantitative estimate of drug-likeness (QED) is 0.827. The number of amides is 1. The molecular formula is C21H27N3O. The van der Waals surface area contributed by atoms with Gasteiger partial charge in [-0.05, 0) is 37.6 Å². The molecule has 0 bridgehead atoms. The monoisotopic (exact) mass is 337 g/mol. The number of benzene rings is 1. The summed E-state index contributed by atoms with van der Waals surface area (Å²) in [5.74, 6) is 0.751. The maximum absolute atomic E-state index is 12.3. The molecule has 1 aliphatic carbocycles. The lowest BCUT2D eigenvalue weighted by Gasteiger charge is -2.36. The summed E-state index contributed by atoms with van der Waals surface area (Å²) < 4.78 is 0. The molecule has 132 valence electrons. The van der Waals surface area contributed by atoms with Crippen molar-refractivity contribution in [3.8, 4) is 0 Å². The minimum absolute atomic E-state index is 0.314. The molecule has 4 nitrogen and oxygen atoms in total. The number of hydrogen-bond donors (Lipinski definition) is 0. The Kier molecular flexibility index (Phi) is 4.88. The van der Waals surface area contributed by atoms with Crippen molar-refractivity contribution in [3.63, 3.8) is 0 Å². The summed E-state index contributed by atoms with van der Waals surface area (Å²) in [7, 11) is 0. The van der Waals surface area contributed by atoms with Crippen LogP contribution < -0.4 is 4.90 Å². The standard InChI is InChI=1S/C21H27N3O/c25-21-17-18-7-4-5-10-20(18)24(21)12-6-11-22-13-15-23(16-14-22)19-8-2-1-3-9-19/h1-5,8-10,18H,6-7,11-17H2. The number of rotatable bonds is 5. The topological polar surface area (TPSA) is 26.8 Å². The van der Waals surface area contributed by atoms with Crippen molar-refractivity contribution in [3.05, 3.63) is 54.3 Å². The van der Waals surface area contributed by atoms with Crippen LogP contribution in [-0.4, -0.2) is 55.0 Å². The van der Waals surface area contributed by atoms with Gasteiger partial charge in [-0.3, -0.25) is 9.69 Å². The summed E-state index contributed by atoms with van der Waals surface area (Å²) in [5.41, 5.74) is 2.58. The zero-order valence-electron chi connectivity index (χ0n) is 14.8. The van der Waals surface area contributed by atoms with E-state index in [9.17, 15) is 4.79 Å². The number of carbonyl (C=O) groups is 1. The molecule has 0 aromatic heterocycles. The fraction of sp³-hybridized carbons (Fsp3) is 0.476. The summed E-state index contributed by atoms with van der Waals surface area (Å²) in [6.07, 6.45) is 9.20. The Bertz CT molecular complexity index is 659. The Morgan fingerprint density at radius 1 is 1.00 bits per heavy atom. The van der Waals surface area contributed by atoms with Gasteiger partial charge in [0.05, 0.1) is 0 Å². The van der Waals surface area contributed by atoms with Gasteiger partial charge in [0.2, 0.25) is 5.91 Å². The van der Waals surface area contributed by atoms with E-state index in [1.807, 2.05) is 4.90 Å². The first-order valence-corrected chi connectivity index (χ1v) is 9.51. The largest absolute Gasteiger partial charge is 0.369 e. The molecule has 0 spiro atoms. The average molecular weight is 337 g/mol. The second-order valence-corrected chi connectivity index (χ2v) is 7.22. The highest BCUT2D eigenvalue weighted by Gasteiger charge is 2.34. The average Bonchev–Trinajstić information content (AvgIpc) is 2.99. The van der Waals surface area contributed by atoms with E-state index in [1.54, 1.807) is 0 Å². The molecule has 2 saturated heterocycles. The first-order chi connectivity index (χ1) is 12.3. The second-order valence-electron chi connectivity index (χ2n) is 7.22. The summed E-state index contributed by atoms with van der Waals surface area (Å²) in [5, 5.41) is 0. The molecule has 2 heterocycles. The van der Waals surface area contributed by atoms with Crippen LogP contribution in [0.1, 0.15) is 19.3 Å². The Hall–Kier alpha value is -2.07. The van der Waals surface area contributed by atoms with Gasteiger partial charge in [0.1, 0.15) is 0 Å². The summed E-state index contributed by atoms with van der Waals surface area (Å²) in [4.78, 5) is 19.3. The Balaban J connectivity index is 1.23. The summed E-state index contributed by atoms with van der Waals surface area (Å²) in [6.45, 7) is 6.34. The number of likely N-dealkylation sites (tertiary alicyclic amines) is 1. The highest BCUT2D eigenvalue weighted by Crippen LogP contribution is 2.34. The molecule has 1 amide bonds. The molecule has 25 heavy (non-hydrogen) atoms. The van der Waals surface area contributed by atoms with E-state index in [4.69, 9.17) is 0 Å². The number of carbonyl (C=O) groups excluding carboxylic acids is 1. The molecule has 2 fully saturated rings. The third-order valence-corrected chi connectivity index (χ3v) is 5.63. The van der Waals surface area contributed by atoms with Crippen LogP contribution in [0.4, 0.5) is 5.69 Å². The number of allylic oxidation sites excluding steroid dienone is 4. The minimum Gasteiger partial charge on any atom is -0.369 e. The van der Waals surface area contributed by atoms with Crippen LogP contribution in [0.3, 0.4) is 0 Å². The predicted octanol–water partition coefficient (Wildman–Crippen LogP) is 2.89. The third kappa shape index (κ3) is 3.64. The van der Waals surface area contributed by atoms with Crippen molar-refractivity contribution in [2.24, 2.45) is 5.92 Å². The lowest BCUT2D eigenvalue weighted by molar-refractivity contribution is -0.126. The van der Waals surface area contributed by atoms with E-state index in [1.165, 1.54) is 11.4 Å². The van der Waals surface area contributed by atoms with Crippen LogP contribution >= 0.6 is 0 Å².